The summed E-state index contributed by atoms with van der Waals surface area (Å²) >= 11 is 1.57. The van der Waals surface area contributed by atoms with E-state index in [1.165, 1.54) is 23.1 Å². The summed E-state index contributed by atoms with van der Waals surface area (Å²) in [6, 6.07) is 24.8. The van der Waals surface area contributed by atoms with Crippen LogP contribution >= 0.6 is 11.3 Å². The van der Waals surface area contributed by atoms with Crippen LogP contribution in [0.3, 0.4) is 0 Å². The molecule has 0 fully saturated rings. The molecule has 0 spiro atoms. The second-order valence-corrected chi connectivity index (χ2v) is 13.1. The van der Waals surface area contributed by atoms with Crippen molar-refractivity contribution in [3.8, 4) is 21.7 Å². The molecule has 45 heavy (non-hydrogen) atoms. The van der Waals surface area contributed by atoms with Gasteiger partial charge in [0, 0.05) is 64.0 Å². The molecule has 3 aromatic carbocycles. The largest absolute Gasteiger partial charge is 0.512 e. The molecule has 1 radical (unpaired) electrons. The number of aliphatic hydroxyl groups excluding tert-OH is 1. The summed E-state index contributed by atoms with van der Waals surface area (Å²) in [5.41, 5.74) is 3.09. The molecule has 0 aliphatic rings. The Morgan fingerprint density at radius 2 is 1.56 bits per heavy atom. The van der Waals surface area contributed by atoms with Gasteiger partial charge in [-0.15, -0.1) is 40.5 Å². The molecule has 2 aromatic heterocycles. The van der Waals surface area contributed by atoms with E-state index in [1.54, 1.807) is 17.4 Å². The maximum atomic E-state index is 14.2. The first-order valence-electron chi connectivity index (χ1n) is 15.5. The van der Waals surface area contributed by atoms with Crippen molar-refractivity contribution < 1.29 is 34.4 Å². The normalized spacial score (nSPS) is 12.0. The number of allylic oxidation sites excluding steroid dienone is 2. The van der Waals surface area contributed by atoms with Gasteiger partial charge >= 0.3 is 0 Å². The summed E-state index contributed by atoms with van der Waals surface area (Å²) in [7, 11) is 0. The van der Waals surface area contributed by atoms with Crippen LogP contribution in [0.15, 0.2) is 84.8 Å². The average Bonchev–Trinajstić information content (AvgIpc) is 3.48. The fourth-order valence-electron chi connectivity index (χ4n) is 5.17. The third-order valence-corrected chi connectivity index (χ3v) is 10.6. The summed E-state index contributed by atoms with van der Waals surface area (Å²) in [6.07, 6.45) is 6.57. The van der Waals surface area contributed by atoms with E-state index in [4.69, 9.17) is 0 Å². The zero-order valence-electron chi connectivity index (χ0n) is 27.3. The van der Waals surface area contributed by atoms with Gasteiger partial charge in [0.25, 0.3) is 0 Å². The second kappa shape index (κ2) is 15.4. The quantitative estimate of drug-likeness (QED) is 0.0918. The topological polar surface area (TPSA) is 50.2 Å². The van der Waals surface area contributed by atoms with Crippen LogP contribution in [0.1, 0.15) is 72.8 Å². The molecule has 2 heterocycles. The van der Waals surface area contributed by atoms with Crippen molar-refractivity contribution in [1.29, 1.82) is 0 Å². The van der Waals surface area contributed by atoms with Crippen LogP contribution in [0.5, 0.6) is 0 Å². The Morgan fingerprint density at radius 3 is 2.20 bits per heavy atom. The van der Waals surface area contributed by atoms with Gasteiger partial charge < -0.3 is 5.11 Å². The molecule has 0 saturated carbocycles. The number of halogens is 1. The maximum Gasteiger partial charge on any atom is 0.164 e. The van der Waals surface area contributed by atoms with Crippen molar-refractivity contribution in [3.63, 3.8) is 0 Å². The third kappa shape index (κ3) is 7.80. The van der Waals surface area contributed by atoms with Crippen LogP contribution in [-0.4, -0.2) is 15.9 Å². The van der Waals surface area contributed by atoms with Gasteiger partial charge in [-0.1, -0.05) is 95.8 Å². The van der Waals surface area contributed by atoms with E-state index < -0.39 is 0 Å². The predicted molar refractivity (Wildman–Crippen MR) is 185 cm³/mol. The van der Waals surface area contributed by atoms with Gasteiger partial charge in [0.05, 0.1) is 0 Å². The van der Waals surface area contributed by atoms with Crippen LogP contribution in [0.4, 0.5) is 4.39 Å². The number of rotatable bonds is 9. The summed E-state index contributed by atoms with van der Waals surface area (Å²) < 4.78 is 15.3. The SMILES string of the molecule is CCC(C)(CC)C(=O)/C=C(\O)C(C)(CC)CC.Cc1cc(-c2nccc3cc(-c4ccccc4F)sc23)[c-]c2ccccc12.[Ir]. The number of aliphatic hydroxyl groups is 1. The Hall–Kier alpha value is -3.18. The average molecular weight is 801 g/mol. The van der Waals surface area contributed by atoms with Gasteiger partial charge in [0.15, 0.2) is 5.78 Å². The van der Waals surface area contributed by atoms with E-state index in [-0.39, 0.29) is 48.3 Å². The van der Waals surface area contributed by atoms with E-state index in [1.807, 2.05) is 84.1 Å². The Bertz CT molecular complexity index is 1800. The molecule has 5 aromatic rings. The number of thiophene rings is 1. The van der Waals surface area contributed by atoms with Crippen molar-refractivity contribution in [2.24, 2.45) is 10.8 Å². The number of hydrogen-bond donors (Lipinski definition) is 1. The summed E-state index contributed by atoms with van der Waals surface area (Å²) in [5.74, 6) is 0.0837. The van der Waals surface area contributed by atoms with Crippen LogP contribution in [0, 0.1) is 29.6 Å². The number of ketones is 1. The molecule has 0 atom stereocenters. The second-order valence-electron chi connectivity index (χ2n) is 12.0. The fraction of sp³-hybridized carbons (Fsp3) is 0.333. The smallest absolute Gasteiger partial charge is 0.164 e. The summed E-state index contributed by atoms with van der Waals surface area (Å²) in [4.78, 5) is 17.7. The summed E-state index contributed by atoms with van der Waals surface area (Å²) in [6.45, 7) is 14.2. The van der Waals surface area contributed by atoms with Crippen molar-refractivity contribution in [2.45, 2.75) is 74.1 Å². The fourth-order valence-corrected chi connectivity index (χ4v) is 6.36. The minimum Gasteiger partial charge on any atom is -0.512 e. The first-order chi connectivity index (χ1) is 21.0. The van der Waals surface area contributed by atoms with Crippen molar-refractivity contribution in [2.75, 3.05) is 0 Å². The molecule has 5 rings (SSSR count). The van der Waals surface area contributed by atoms with E-state index in [2.05, 4.69) is 36.2 Å². The number of aromatic nitrogens is 1. The number of fused-ring (bicyclic) bond motifs is 2. The van der Waals surface area contributed by atoms with E-state index in [0.29, 0.717) is 5.56 Å². The monoisotopic (exact) mass is 801 g/mol. The van der Waals surface area contributed by atoms with Gasteiger partial charge in [-0.3, -0.25) is 9.78 Å². The molecule has 0 aliphatic heterocycles. The molecule has 3 nitrogen and oxygen atoms in total. The van der Waals surface area contributed by atoms with Crippen LogP contribution < -0.4 is 0 Å². The molecular formula is C39H43FIrNO2S-. The standard InChI is InChI=1S/C24H15FNS.C15H28O2.Ir/c1-15-12-18(13-16-6-2-3-7-19(15)16)23-24-17(10-11-26-23)14-22(27-24)20-8-4-5-9-21(20)25;1-7-14(5,8-2)12(16)11-13(17)15(6,9-3)10-4;/h2-12,14H,1H3;11,16H,7-10H2,1-6H3;/q-1;;/b;12-11-;. The molecule has 0 amide bonds. The molecule has 0 unspecified atom stereocenters. The Morgan fingerprint density at radius 1 is 0.933 bits per heavy atom. The Kier molecular flexibility index (Phi) is 12.4. The number of nitrogens with zero attached hydrogens (tertiary/aromatic N) is 1. The zero-order valence-corrected chi connectivity index (χ0v) is 30.5. The maximum absolute atomic E-state index is 14.2. The first kappa shape index (κ1) is 36.3. The molecule has 0 saturated heterocycles. The van der Waals surface area contributed by atoms with Gasteiger partial charge in [-0.25, -0.2) is 4.39 Å². The molecular weight excluding hydrogens is 758 g/mol. The predicted octanol–water partition coefficient (Wildman–Crippen LogP) is 11.7. The van der Waals surface area contributed by atoms with Crippen LogP contribution in [-0.2, 0) is 24.9 Å². The summed E-state index contributed by atoms with van der Waals surface area (Å²) in [5, 5.41) is 13.5. The Labute approximate surface area is 285 Å². The zero-order chi connectivity index (χ0) is 32.1. The number of carbonyl (C=O) groups excluding carboxylic acids is 1. The van der Waals surface area contributed by atoms with Gasteiger partial charge in [0.1, 0.15) is 11.6 Å². The van der Waals surface area contributed by atoms with E-state index in [9.17, 15) is 14.3 Å². The molecule has 1 N–H and O–H groups in total. The van der Waals surface area contributed by atoms with Crippen molar-refractivity contribution in [3.05, 3.63) is 102 Å². The van der Waals surface area contributed by atoms with E-state index in [0.717, 1.165) is 57.3 Å². The minimum absolute atomic E-state index is 0. The number of aryl methyl sites for hydroxylation is 1. The van der Waals surface area contributed by atoms with Gasteiger partial charge in [-0.2, -0.15) is 0 Å². The molecule has 6 heteroatoms. The number of pyridine rings is 1. The molecule has 0 aliphatic carbocycles. The Balaban J connectivity index is 0.000000270. The van der Waals surface area contributed by atoms with Crippen LogP contribution in [0.2, 0.25) is 0 Å². The number of carbonyl (C=O) groups is 1. The molecule has 239 valence electrons. The number of hydrogen-bond acceptors (Lipinski definition) is 4. The van der Waals surface area contributed by atoms with E-state index >= 15 is 0 Å². The van der Waals surface area contributed by atoms with Gasteiger partial charge in [0.2, 0.25) is 0 Å². The van der Waals surface area contributed by atoms with Crippen molar-refractivity contribution in [1.82, 2.24) is 4.98 Å². The van der Waals surface area contributed by atoms with Crippen LogP contribution in [0.25, 0.3) is 42.6 Å². The van der Waals surface area contributed by atoms with Crippen molar-refractivity contribution >= 4 is 38.0 Å². The third-order valence-electron chi connectivity index (χ3n) is 9.41. The molecule has 0 bridgehead atoms. The number of benzene rings is 3. The first-order valence-corrected chi connectivity index (χ1v) is 16.3. The van der Waals surface area contributed by atoms with Gasteiger partial charge in [-0.05, 0) is 49.3 Å². The minimum atomic E-state index is -0.337.